The molecule has 0 spiro atoms. The van der Waals surface area contributed by atoms with Gasteiger partial charge in [-0.3, -0.25) is 0 Å². The lowest BCUT2D eigenvalue weighted by molar-refractivity contribution is 0.0906. The van der Waals surface area contributed by atoms with E-state index in [4.69, 9.17) is 9.73 Å². The van der Waals surface area contributed by atoms with E-state index in [9.17, 15) is 0 Å². The number of guanidine groups is 1. The molecule has 1 saturated heterocycles. The van der Waals surface area contributed by atoms with Gasteiger partial charge in [0.15, 0.2) is 5.96 Å². The minimum Gasteiger partial charge on any atom is -0.376 e. The summed E-state index contributed by atoms with van der Waals surface area (Å²) in [7, 11) is 4.01. The monoisotopic (exact) mass is 395 g/mol. The average molecular weight is 396 g/mol. The Morgan fingerprint density at radius 3 is 2.79 bits per heavy atom. The van der Waals surface area contributed by atoms with Crippen LogP contribution < -0.4 is 10.2 Å². The fraction of sp³-hybridized carbons (Fsp3) is 0.478. The molecule has 0 bridgehead atoms. The van der Waals surface area contributed by atoms with Crippen LogP contribution in [0, 0.1) is 5.92 Å². The number of anilines is 1. The quantitative estimate of drug-likeness (QED) is 0.550. The third kappa shape index (κ3) is 6.46. The van der Waals surface area contributed by atoms with Crippen molar-refractivity contribution >= 4 is 11.8 Å². The standard InChI is InChI=1S/C23H33N5O/c1-4-24-23(25-15-21-11-8-12-22(26-21)27(2)3)28-14-13-20(16-28)18-29-17-19-9-6-5-7-10-19/h5-12,20H,4,13-18H2,1-3H3,(H,24,25). The molecule has 29 heavy (non-hydrogen) atoms. The van der Waals surface area contributed by atoms with Crippen molar-refractivity contribution in [3.8, 4) is 0 Å². The predicted octanol–water partition coefficient (Wildman–Crippen LogP) is 3.15. The summed E-state index contributed by atoms with van der Waals surface area (Å²) in [5.74, 6) is 2.47. The Labute approximate surface area is 174 Å². The Balaban J connectivity index is 1.52. The van der Waals surface area contributed by atoms with E-state index in [1.807, 2.05) is 43.3 Å². The van der Waals surface area contributed by atoms with Gasteiger partial charge in [0.05, 0.1) is 25.5 Å². The smallest absolute Gasteiger partial charge is 0.194 e. The van der Waals surface area contributed by atoms with E-state index in [1.54, 1.807) is 0 Å². The highest BCUT2D eigenvalue weighted by Crippen LogP contribution is 2.18. The summed E-state index contributed by atoms with van der Waals surface area (Å²) in [5, 5.41) is 3.43. The molecule has 3 rings (SSSR count). The Hall–Kier alpha value is -2.60. The highest BCUT2D eigenvalue weighted by molar-refractivity contribution is 5.80. The van der Waals surface area contributed by atoms with Gasteiger partial charge < -0.3 is 19.9 Å². The van der Waals surface area contributed by atoms with E-state index in [-0.39, 0.29) is 0 Å². The lowest BCUT2D eigenvalue weighted by Gasteiger charge is -2.21. The van der Waals surface area contributed by atoms with Crippen molar-refractivity contribution < 1.29 is 4.74 Å². The molecule has 2 aromatic rings. The second kappa shape index (κ2) is 10.8. The second-order valence-electron chi connectivity index (χ2n) is 7.65. The molecule has 6 heteroatoms. The van der Waals surface area contributed by atoms with Gasteiger partial charge >= 0.3 is 0 Å². The van der Waals surface area contributed by atoms with Gasteiger partial charge in [0, 0.05) is 39.6 Å². The first-order chi connectivity index (χ1) is 14.2. The van der Waals surface area contributed by atoms with Crippen molar-refractivity contribution in [2.45, 2.75) is 26.5 Å². The molecule has 1 N–H and O–H groups in total. The third-order valence-corrected chi connectivity index (χ3v) is 5.03. The molecular weight excluding hydrogens is 362 g/mol. The molecule has 1 aromatic carbocycles. The van der Waals surface area contributed by atoms with E-state index < -0.39 is 0 Å². The zero-order valence-electron chi connectivity index (χ0n) is 17.8. The van der Waals surface area contributed by atoms with E-state index in [0.29, 0.717) is 19.1 Å². The number of rotatable bonds is 8. The number of ether oxygens (including phenoxy) is 1. The van der Waals surface area contributed by atoms with Gasteiger partial charge in [-0.1, -0.05) is 36.4 Å². The highest BCUT2D eigenvalue weighted by Gasteiger charge is 2.25. The van der Waals surface area contributed by atoms with E-state index in [2.05, 4.69) is 46.4 Å². The van der Waals surface area contributed by atoms with Crippen LogP contribution in [-0.4, -0.2) is 56.2 Å². The zero-order chi connectivity index (χ0) is 20.5. The summed E-state index contributed by atoms with van der Waals surface area (Å²) < 4.78 is 5.95. The van der Waals surface area contributed by atoms with Crippen LogP contribution in [-0.2, 0) is 17.9 Å². The molecule has 0 saturated carbocycles. The Kier molecular flexibility index (Phi) is 7.87. The van der Waals surface area contributed by atoms with Gasteiger partial charge in [-0.25, -0.2) is 9.98 Å². The molecule has 0 aliphatic carbocycles. The van der Waals surface area contributed by atoms with Crippen LogP contribution in [0.4, 0.5) is 5.82 Å². The average Bonchev–Trinajstić information content (AvgIpc) is 3.21. The summed E-state index contributed by atoms with van der Waals surface area (Å²) in [6.07, 6.45) is 1.13. The maximum Gasteiger partial charge on any atom is 0.194 e. The fourth-order valence-electron chi connectivity index (χ4n) is 3.46. The van der Waals surface area contributed by atoms with Gasteiger partial charge in [-0.05, 0) is 31.0 Å². The van der Waals surface area contributed by atoms with Gasteiger partial charge in [-0.2, -0.15) is 0 Å². The van der Waals surface area contributed by atoms with Crippen molar-refractivity contribution in [2.24, 2.45) is 10.9 Å². The maximum atomic E-state index is 5.95. The minimum atomic E-state index is 0.540. The first-order valence-corrected chi connectivity index (χ1v) is 10.4. The number of nitrogens with one attached hydrogen (secondary N) is 1. The molecule has 1 aliphatic rings. The van der Waals surface area contributed by atoms with Crippen molar-refractivity contribution in [2.75, 3.05) is 45.2 Å². The second-order valence-corrected chi connectivity index (χ2v) is 7.65. The predicted molar refractivity (Wildman–Crippen MR) is 119 cm³/mol. The van der Waals surface area contributed by atoms with Crippen molar-refractivity contribution in [3.05, 3.63) is 59.8 Å². The Morgan fingerprint density at radius 2 is 2.03 bits per heavy atom. The van der Waals surface area contributed by atoms with Crippen LogP contribution >= 0.6 is 0 Å². The molecular formula is C23H33N5O. The van der Waals surface area contributed by atoms with Crippen molar-refractivity contribution in [3.63, 3.8) is 0 Å². The molecule has 1 fully saturated rings. The van der Waals surface area contributed by atoms with Crippen LogP contribution in [0.1, 0.15) is 24.6 Å². The molecule has 6 nitrogen and oxygen atoms in total. The summed E-state index contributed by atoms with van der Waals surface area (Å²) >= 11 is 0. The zero-order valence-corrected chi connectivity index (χ0v) is 17.8. The normalized spacial score (nSPS) is 16.9. The van der Waals surface area contributed by atoms with Crippen LogP contribution in [0.25, 0.3) is 0 Å². The summed E-state index contributed by atoms with van der Waals surface area (Å²) in [5.41, 5.74) is 2.21. The first-order valence-electron chi connectivity index (χ1n) is 10.4. The summed E-state index contributed by atoms with van der Waals surface area (Å²) in [4.78, 5) is 13.9. The minimum absolute atomic E-state index is 0.540. The topological polar surface area (TPSA) is 53.0 Å². The van der Waals surface area contributed by atoms with Crippen LogP contribution in [0.15, 0.2) is 53.5 Å². The molecule has 156 valence electrons. The lowest BCUT2D eigenvalue weighted by Crippen LogP contribution is -2.40. The number of aliphatic imine (C=N–C) groups is 1. The number of aromatic nitrogens is 1. The largest absolute Gasteiger partial charge is 0.376 e. The van der Waals surface area contributed by atoms with E-state index in [0.717, 1.165) is 50.1 Å². The molecule has 0 radical (unpaired) electrons. The van der Waals surface area contributed by atoms with E-state index in [1.165, 1.54) is 5.56 Å². The molecule has 1 unspecified atom stereocenters. The summed E-state index contributed by atoms with van der Waals surface area (Å²) in [6.45, 7) is 7.00. The maximum absolute atomic E-state index is 5.95. The summed E-state index contributed by atoms with van der Waals surface area (Å²) in [6, 6.07) is 16.4. The van der Waals surface area contributed by atoms with Crippen LogP contribution in [0.3, 0.4) is 0 Å². The van der Waals surface area contributed by atoms with Crippen molar-refractivity contribution in [1.82, 2.24) is 15.2 Å². The van der Waals surface area contributed by atoms with Crippen LogP contribution in [0.5, 0.6) is 0 Å². The molecule has 1 atom stereocenters. The fourth-order valence-corrected chi connectivity index (χ4v) is 3.46. The van der Waals surface area contributed by atoms with Gasteiger partial charge in [-0.15, -0.1) is 0 Å². The van der Waals surface area contributed by atoms with E-state index >= 15 is 0 Å². The van der Waals surface area contributed by atoms with Gasteiger partial charge in [0.25, 0.3) is 0 Å². The van der Waals surface area contributed by atoms with Gasteiger partial charge in [0.1, 0.15) is 5.82 Å². The first kappa shape index (κ1) is 21.1. The molecule has 2 heterocycles. The number of benzene rings is 1. The lowest BCUT2D eigenvalue weighted by atomic mass is 10.1. The number of hydrogen-bond acceptors (Lipinski definition) is 4. The molecule has 1 aliphatic heterocycles. The molecule has 0 amide bonds. The van der Waals surface area contributed by atoms with Gasteiger partial charge in [0.2, 0.25) is 0 Å². The number of hydrogen-bond donors (Lipinski definition) is 1. The number of likely N-dealkylation sites (tertiary alicyclic amines) is 1. The number of nitrogens with zero attached hydrogens (tertiary/aromatic N) is 4. The number of pyridine rings is 1. The van der Waals surface area contributed by atoms with Crippen LogP contribution in [0.2, 0.25) is 0 Å². The Bertz CT molecular complexity index is 778. The molecule has 1 aromatic heterocycles. The van der Waals surface area contributed by atoms with Crippen molar-refractivity contribution in [1.29, 1.82) is 0 Å². The highest BCUT2D eigenvalue weighted by atomic mass is 16.5. The third-order valence-electron chi connectivity index (χ3n) is 5.03. The SMILES string of the molecule is CCNC(=NCc1cccc(N(C)C)n1)N1CCC(COCc2ccccc2)C1. The Morgan fingerprint density at radius 1 is 1.21 bits per heavy atom.